The van der Waals surface area contributed by atoms with E-state index in [0.29, 0.717) is 5.69 Å². The van der Waals surface area contributed by atoms with Crippen molar-refractivity contribution in [2.24, 2.45) is 5.92 Å². The number of amides is 2. The summed E-state index contributed by atoms with van der Waals surface area (Å²) in [5, 5.41) is 4.96. The van der Waals surface area contributed by atoms with Gasteiger partial charge in [0.25, 0.3) is 0 Å². The first-order valence-electron chi connectivity index (χ1n) is 8.94. The molecule has 0 saturated heterocycles. The second-order valence-corrected chi connectivity index (χ2v) is 7.64. The van der Waals surface area contributed by atoms with Gasteiger partial charge in [0.15, 0.2) is 17.5 Å². The van der Waals surface area contributed by atoms with E-state index < -0.39 is 23.0 Å². The Labute approximate surface area is 162 Å². The lowest BCUT2D eigenvalue weighted by molar-refractivity contribution is -0.118. The molecule has 0 radical (unpaired) electrons. The largest absolute Gasteiger partial charge is 0.323 e. The molecule has 28 heavy (non-hydrogen) atoms. The number of carbonyl (C=O) groups is 2. The molecule has 2 rings (SSSR count). The molecular formula is C20H24F2N4O2. The van der Waals surface area contributed by atoms with Gasteiger partial charge in [0.1, 0.15) is 0 Å². The van der Waals surface area contributed by atoms with Gasteiger partial charge in [0.05, 0.1) is 11.9 Å². The standard InChI is InChI=1S/C20H24F2N4O2/c1-12(2)8-17(27)25-15-9-16(24-11-14(15)22)20(3,4)10-18(28)26-19-13(21)6-5-7-23-19/h5-7,9,11-12H,8,10H2,1-4H3,(H,23,26,28)(H,24,25,27). The fourth-order valence-electron chi connectivity index (χ4n) is 2.62. The van der Waals surface area contributed by atoms with E-state index in [1.807, 2.05) is 13.8 Å². The first-order chi connectivity index (χ1) is 13.1. The van der Waals surface area contributed by atoms with Gasteiger partial charge in [-0.05, 0) is 24.1 Å². The minimum absolute atomic E-state index is 0.0138. The van der Waals surface area contributed by atoms with Crippen molar-refractivity contribution in [3.8, 4) is 0 Å². The Morgan fingerprint density at radius 1 is 1.11 bits per heavy atom. The van der Waals surface area contributed by atoms with Crippen LogP contribution in [0.15, 0.2) is 30.6 Å². The Morgan fingerprint density at radius 2 is 1.82 bits per heavy atom. The van der Waals surface area contributed by atoms with E-state index in [4.69, 9.17) is 0 Å². The third-order valence-corrected chi connectivity index (χ3v) is 4.04. The highest BCUT2D eigenvalue weighted by Crippen LogP contribution is 2.29. The van der Waals surface area contributed by atoms with Crippen molar-refractivity contribution in [2.45, 2.75) is 46.0 Å². The van der Waals surface area contributed by atoms with Gasteiger partial charge in [-0.25, -0.2) is 13.8 Å². The number of rotatable bonds is 7. The summed E-state index contributed by atoms with van der Waals surface area (Å²) in [6.07, 6.45) is 2.61. The summed E-state index contributed by atoms with van der Waals surface area (Å²) in [6, 6.07) is 4.04. The quantitative estimate of drug-likeness (QED) is 0.747. The Hall–Kier alpha value is -2.90. The summed E-state index contributed by atoms with van der Waals surface area (Å²) in [7, 11) is 0. The van der Waals surface area contributed by atoms with E-state index in [9.17, 15) is 18.4 Å². The van der Waals surface area contributed by atoms with E-state index in [1.54, 1.807) is 13.8 Å². The predicted octanol–water partition coefficient (Wildman–Crippen LogP) is 4.05. The van der Waals surface area contributed by atoms with Gasteiger partial charge in [0.2, 0.25) is 11.8 Å². The molecule has 0 fully saturated rings. The molecule has 0 spiro atoms. The first-order valence-corrected chi connectivity index (χ1v) is 8.94. The number of hydrogen-bond donors (Lipinski definition) is 2. The van der Waals surface area contributed by atoms with Crippen molar-refractivity contribution in [1.82, 2.24) is 9.97 Å². The smallest absolute Gasteiger partial charge is 0.226 e. The maximum Gasteiger partial charge on any atom is 0.226 e. The van der Waals surface area contributed by atoms with Gasteiger partial charge in [-0.2, -0.15) is 0 Å². The molecule has 0 aromatic carbocycles. The van der Waals surface area contributed by atoms with Gasteiger partial charge >= 0.3 is 0 Å². The second-order valence-electron chi connectivity index (χ2n) is 7.64. The molecule has 0 atom stereocenters. The zero-order chi connectivity index (χ0) is 20.9. The predicted molar refractivity (Wildman–Crippen MR) is 103 cm³/mol. The molecular weight excluding hydrogens is 366 g/mol. The normalized spacial score (nSPS) is 11.4. The molecule has 0 bridgehead atoms. The molecule has 2 heterocycles. The highest BCUT2D eigenvalue weighted by molar-refractivity contribution is 5.92. The lowest BCUT2D eigenvalue weighted by Crippen LogP contribution is -2.28. The number of anilines is 2. The minimum Gasteiger partial charge on any atom is -0.323 e. The molecule has 2 aromatic heterocycles. The van der Waals surface area contributed by atoms with Gasteiger partial charge in [-0.1, -0.05) is 27.7 Å². The third-order valence-electron chi connectivity index (χ3n) is 4.04. The summed E-state index contributed by atoms with van der Waals surface area (Å²) in [5.41, 5.74) is -0.356. The molecule has 2 amide bonds. The van der Waals surface area contributed by atoms with Crippen LogP contribution in [-0.2, 0) is 15.0 Å². The lowest BCUT2D eigenvalue weighted by Gasteiger charge is -2.24. The molecule has 0 saturated carbocycles. The molecule has 0 aliphatic carbocycles. The van der Waals surface area contributed by atoms with Crippen LogP contribution in [0, 0.1) is 17.6 Å². The van der Waals surface area contributed by atoms with E-state index in [1.165, 1.54) is 24.4 Å². The molecule has 2 N–H and O–H groups in total. The van der Waals surface area contributed by atoms with E-state index >= 15 is 0 Å². The van der Waals surface area contributed by atoms with Crippen LogP contribution in [0.5, 0.6) is 0 Å². The Bertz CT molecular complexity index is 869. The molecule has 6 nitrogen and oxygen atoms in total. The van der Waals surface area contributed by atoms with E-state index in [-0.39, 0.29) is 36.2 Å². The average Bonchev–Trinajstić information content (AvgIpc) is 2.57. The molecule has 0 aliphatic heterocycles. The van der Waals surface area contributed by atoms with Crippen molar-refractivity contribution >= 4 is 23.3 Å². The zero-order valence-corrected chi connectivity index (χ0v) is 16.3. The summed E-state index contributed by atoms with van der Waals surface area (Å²) >= 11 is 0. The SMILES string of the molecule is CC(C)CC(=O)Nc1cc(C(C)(C)CC(=O)Nc2ncccc2F)ncc1F. The van der Waals surface area contributed by atoms with Crippen LogP contribution >= 0.6 is 0 Å². The fraction of sp³-hybridized carbons (Fsp3) is 0.400. The van der Waals surface area contributed by atoms with Crippen molar-refractivity contribution in [3.05, 3.63) is 47.9 Å². The van der Waals surface area contributed by atoms with Crippen LogP contribution in [0.3, 0.4) is 0 Å². The summed E-state index contributed by atoms with van der Waals surface area (Å²) in [5.74, 6) is -2.07. The lowest BCUT2D eigenvalue weighted by atomic mass is 9.84. The topological polar surface area (TPSA) is 84.0 Å². The number of pyridine rings is 2. The van der Waals surface area contributed by atoms with E-state index in [0.717, 1.165) is 6.20 Å². The fourth-order valence-corrected chi connectivity index (χ4v) is 2.62. The molecule has 2 aromatic rings. The van der Waals surface area contributed by atoms with Gasteiger partial charge in [-0.15, -0.1) is 0 Å². The van der Waals surface area contributed by atoms with Crippen LogP contribution in [0.2, 0.25) is 0 Å². The highest BCUT2D eigenvalue weighted by atomic mass is 19.1. The first kappa shape index (κ1) is 21.4. The van der Waals surface area contributed by atoms with Crippen LogP contribution < -0.4 is 10.6 Å². The number of hydrogen-bond acceptors (Lipinski definition) is 4. The van der Waals surface area contributed by atoms with Gasteiger partial charge < -0.3 is 10.6 Å². The molecule has 0 unspecified atom stereocenters. The molecule has 0 aliphatic rings. The number of nitrogens with zero attached hydrogens (tertiary/aromatic N) is 2. The number of nitrogens with one attached hydrogen (secondary N) is 2. The highest BCUT2D eigenvalue weighted by Gasteiger charge is 2.27. The van der Waals surface area contributed by atoms with Crippen molar-refractivity contribution < 1.29 is 18.4 Å². The van der Waals surface area contributed by atoms with Crippen LogP contribution in [0.25, 0.3) is 0 Å². The minimum atomic E-state index is -0.791. The zero-order valence-electron chi connectivity index (χ0n) is 16.3. The monoisotopic (exact) mass is 390 g/mol. The van der Waals surface area contributed by atoms with Crippen molar-refractivity contribution in [1.29, 1.82) is 0 Å². The van der Waals surface area contributed by atoms with Crippen LogP contribution in [0.1, 0.15) is 46.2 Å². The van der Waals surface area contributed by atoms with Gasteiger partial charge in [-0.3, -0.25) is 14.6 Å². The molecule has 8 heteroatoms. The molecule has 150 valence electrons. The maximum absolute atomic E-state index is 14.0. The van der Waals surface area contributed by atoms with Crippen molar-refractivity contribution in [2.75, 3.05) is 10.6 Å². The van der Waals surface area contributed by atoms with Crippen molar-refractivity contribution in [3.63, 3.8) is 0 Å². The summed E-state index contributed by atoms with van der Waals surface area (Å²) < 4.78 is 27.7. The average molecular weight is 390 g/mol. The Balaban J connectivity index is 2.13. The van der Waals surface area contributed by atoms with Crippen LogP contribution in [0.4, 0.5) is 20.3 Å². The number of aromatic nitrogens is 2. The van der Waals surface area contributed by atoms with Crippen LogP contribution in [-0.4, -0.2) is 21.8 Å². The Morgan fingerprint density at radius 3 is 2.46 bits per heavy atom. The van der Waals surface area contributed by atoms with Gasteiger partial charge in [0, 0.05) is 30.1 Å². The Kier molecular flexibility index (Phi) is 6.77. The number of halogens is 2. The van der Waals surface area contributed by atoms with E-state index in [2.05, 4.69) is 20.6 Å². The number of carbonyl (C=O) groups excluding carboxylic acids is 2. The summed E-state index contributed by atoms with van der Waals surface area (Å²) in [4.78, 5) is 32.1. The second kappa shape index (κ2) is 8.86. The summed E-state index contributed by atoms with van der Waals surface area (Å²) in [6.45, 7) is 7.28. The maximum atomic E-state index is 14.0. The third kappa shape index (κ3) is 5.80.